The van der Waals surface area contributed by atoms with Gasteiger partial charge in [-0.25, -0.2) is 0 Å². The van der Waals surface area contributed by atoms with E-state index < -0.39 is 20.3 Å². The number of amides is 1. The second kappa shape index (κ2) is 7.76. The molecule has 2 unspecified atom stereocenters. The van der Waals surface area contributed by atoms with Crippen LogP contribution in [0.15, 0.2) is 10.6 Å². The molecule has 7 heteroatoms. The van der Waals surface area contributed by atoms with E-state index in [1.807, 2.05) is 26.8 Å². The minimum atomic E-state index is -1.96. The van der Waals surface area contributed by atoms with Gasteiger partial charge >= 0.3 is 0 Å². The Balaban J connectivity index is 2.21. The van der Waals surface area contributed by atoms with E-state index in [0.29, 0.717) is 18.7 Å². The quantitative estimate of drug-likeness (QED) is 0.702. The molecule has 0 radical (unpaired) electrons. The van der Waals surface area contributed by atoms with Crippen LogP contribution in [-0.2, 0) is 9.22 Å². The smallest absolute Gasteiger partial charge is 0.234 e. The molecule has 6 nitrogen and oxygen atoms in total. The molecule has 0 saturated carbocycles. The molecule has 0 aliphatic carbocycles. The molecule has 150 valence electrons. The molecule has 1 aliphatic heterocycles. The van der Waals surface area contributed by atoms with Crippen LogP contribution < -0.4 is 0 Å². The number of nitrogens with zero attached hydrogens (tertiary/aromatic N) is 3. The maximum atomic E-state index is 13.3. The average molecular weight is 392 g/mol. The lowest BCUT2D eigenvalue weighted by Crippen LogP contribution is -2.45. The van der Waals surface area contributed by atoms with Crippen LogP contribution in [0.4, 0.5) is 0 Å². The molecule has 1 fully saturated rings. The molecule has 27 heavy (non-hydrogen) atoms. The highest BCUT2D eigenvalue weighted by Crippen LogP contribution is 2.39. The largest absolute Gasteiger partial charge is 0.412 e. The van der Waals surface area contributed by atoms with Crippen molar-refractivity contribution in [2.45, 2.75) is 84.2 Å². The monoisotopic (exact) mass is 391 g/mol. The fourth-order valence-electron chi connectivity index (χ4n) is 3.29. The first-order valence-electron chi connectivity index (χ1n) is 9.68. The van der Waals surface area contributed by atoms with Crippen molar-refractivity contribution in [1.82, 2.24) is 10.1 Å². The van der Waals surface area contributed by atoms with Gasteiger partial charge in [0, 0.05) is 19.0 Å². The van der Waals surface area contributed by atoms with Gasteiger partial charge in [-0.1, -0.05) is 39.8 Å². The molecule has 2 rings (SSSR count). The van der Waals surface area contributed by atoms with Crippen molar-refractivity contribution in [3.8, 4) is 6.07 Å². The first-order chi connectivity index (χ1) is 12.4. The van der Waals surface area contributed by atoms with Gasteiger partial charge in [-0.2, -0.15) is 5.26 Å². The minimum absolute atomic E-state index is 0.0459. The van der Waals surface area contributed by atoms with Crippen molar-refractivity contribution in [2.75, 3.05) is 6.54 Å². The summed E-state index contributed by atoms with van der Waals surface area (Å²) in [6, 6.07) is 3.64. The minimum Gasteiger partial charge on any atom is -0.412 e. The summed E-state index contributed by atoms with van der Waals surface area (Å²) < 4.78 is 11.9. The van der Waals surface area contributed by atoms with Crippen LogP contribution in [0.5, 0.6) is 0 Å². The number of aryl methyl sites for hydroxylation is 1. The van der Waals surface area contributed by atoms with E-state index in [2.05, 4.69) is 45.1 Å². The number of hydrogen-bond donors (Lipinski definition) is 0. The third-order valence-corrected chi connectivity index (χ3v) is 10.4. The first-order valence-corrected chi connectivity index (χ1v) is 12.6. The molecule has 1 aromatic heterocycles. The van der Waals surface area contributed by atoms with Gasteiger partial charge in [0.2, 0.25) is 5.91 Å². The number of hydrogen-bond acceptors (Lipinski definition) is 5. The number of carbonyl (C=O) groups is 1. The van der Waals surface area contributed by atoms with Gasteiger partial charge in [0.15, 0.2) is 8.32 Å². The van der Waals surface area contributed by atoms with Crippen LogP contribution in [0.2, 0.25) is 18.1 Å². The molecule has 1 amide bonds. The van der Waals surface area contributed by atoms with Gasteiger partial charge in [0.25, 0.3) is 0 Å². The number of rotatable bonds is 5. The molecule has 1 saturated heterocycles. The van der Waals surface area contributed by atoms with Crippen molar-refractivity contribution < 1.29 is 13.7 Å². The Morgan fingerprint density at radius 3 is 2.52 bits per heavy atom. The average Bonchev–Trinajstić information content (AvgIpc) is 3.11. The summed E-state index contributed by atoms with van der Waals surface area (Å²) in [5.41, 5.74) is 0.751. The van der Waals surface area contributed by atoms with Crippen molar-refractivity contribution in [2.24, 2.45) is 5.92 Å². The summed E-state index contributed by atoms with van der Waals surface area (Å²) in [6.07, 6.45) is 0.471. The summed E-state index contributed by atoms with van der Waals surface area (Å²) in [5.74, 6) is 0.102. The van der Waals surface area contributed by atoms with Crippen LogP contribution in [0.1, 0.15) is 58.4 Å². The van der Waals surface area contributed by atoms with Crippen LogP contribution in [0.25, 0.3) is 0 Å². The summed E-state index contributed by atoms with van der Waals surface area (Å²) in [7, 11) is -1.96. The van der Waals surface area contributed by atoms with Crippen molar-refractivity contribution in [1.29, 1.82) is 5.26 Å². The fraction of sp³-hybridized carbons (Fsp3) is 0.750. The summed E-state index contributed by atoms with van der Waals surface area (Å²) in [6.45, 7) is 17.3. The van der Waals surface area contributed by atoms with Gasteiger partial charge in [-0.05, 0) is 31.0 Å². The molecular formula is C20H33N3O3Si. The first kappa shape index (κ1) is 21.6. The highest BCUT2D eigenvalue weighted by atomic mass is 28.4. The number of likely N-dealkylation sites (tertiary alicyclic amines) is 1. The van der Waals surface area contributed by atoms with Crippen molar-refractivity contribution in [3.63, 3.8) is 0 Å². The van der Waals surface area contributed by atoms with E-state index in [1.165, 1.54) is 0 Å². The maximum absolute atomic E-state index is 13.3. The summed E-state index contributed by atoms with van der Waals surface area (Å²) >= 11 is 0. The van der Waals surface area contributed by atoms with E-state index in [4.69, 9.17) is 8.95 Å². The SMILES string of the molecule is Cc1cc(C(C(=O)N2CC(O[Si](C)(C)C(C)(C)C)C[C@H]2C#N)C(C)C)on1. The highest BCUT2D eigenvalue weighted by Gasteiger charge is 2.45. The predicted molar refractivity (Wildman–Crippen MR) is 107 cm³/mol. The van der Waals surface area contributed by atoms with Crippen LogP contribution in [0, 0.1) is 24.2 Å². The lowest BCUT2D eigenvalue weighted by atomic mass is 9.91. The van der Waals surface area contributed by atoms with E-state index in [0.717, 1.165) is 5.69 Å². The van der Waals surface area contributed by atoms with Crippen molar-refractivity contribution >= 4 is 14.2 Å². The van der Waals surface area contributed by atoms with E-state index >= 15 is 0 Å². The zero-order valence-electron chi connectivity index (χ0n) is 17.9. The van der Waals surface area contributed by atoms with Crippen LogP contribution in [-0.4, -0.2) is 43.0 Å². The molecule has 0 bridgehead atoms. The lowest BCUT2D eigenvalue weighted by molar-refractivity contribution is -0.134. The van der Waals surface area contributed by atoms with Gasteiger partial charge in [-0.3, -0.25) is 4.79 Å². The predicted octanol–water partition coefficient (Wildman–Crippen LogP) is 4.24. The standard InChI is InChI=1S/C20H33N3O3Si/c1-13(2)18(17-9-14(3)22-25-17)19(24)23-12-16(10-15(23)11-21)26-27(7,8)20(4,5)6/h9,13,15-16,18H,10,12H2,1-8H3/t15-,16?,18?/m0/s1. The fourth-order valence-corrected chi connectivity index (χ4v) is 4.64. The topological polar surface area (TPSA) is 79.4 Å². The van der Waals surface area contributed by atoms with E-state index in [9.17, 15) is 10.1 Å². The molecular weight excluding hydrogens is 358 g/mol. The molecule has 1 aromatic rings. The van der Waals surface area contributed by atoms with E-state index in [-0.39, 0.29) is 23.0 Å². The van der Waals surface area contributed by atoms with Crippen LogP contribution in [0.3, 0.4) is 0 Å². The Hall–Kier alpha value is -1.65. The normalized spacial score (nSPS) is 22.1. The molecule has 2 heterocycles. The van der Waals surface area contributed by atoms with Gasteiger partial charge < -0.3 is 13.8 Å². The van der Waals surface area contributed by atoms with Crippen LogP contribution >= 0.6 is 0 Å². The second-order valence-electron chi connectivity index (χ2n) is 9.46. The number of aromatic nitrogens is 1. The third-order valence-electron chi connectivity index (χ3n) is 5.85. The van der Waals surface area contributed by atoms with E-state index in [1.54, 1.807) is 4.90 Å². The molecule has 0 N–H and O–H groups in total. The number of nitriles is 1. The number of carbonyl (C=O) groups excluding carboxylic acids is 1. The Labute approximate surface area is 164 Å². The zero-order chi connectivity index (χ0) is 20.6. The Morgan fingerprint density at radius 1 is 1.44 bits per heavy atom. The summed E-state index contributed by atoms with van der Waals surface area (Å²) in [4.78, 5) is 15.0. The second-order valence-corrected chi connectivity index (χ2v) is 14.2. The Bertz CT molecular complexity index is 715. The van der Waals surface area contributed by atoms with Gasteiger partial charge in [-0.15, -0.1) is 0 Å². The molecule has 1 aliphatic rings. The Morgan fingerprint density at radius 2 is 2.07 bits per heavy atom. The maximum Gasteiger partial charge on any atom is 0.234 e. The lowest BCUT2D eigenvalue weighted by Gasteiger charge is -2.38. The van der Waals surface area contributed by atoms with Gasteiger partial charge in [0.1, 0.15) is 17.7 Å². The Kier molecular flexibility index (Phi) is 6.22. The molecule has 3 atom stereocenters. The molecule has 0 spiro atoms. The summed E-state index contributed by atoms with van der Waals surface area (Å²) in [5, 5.41) is 13.6. The van der Waals surface area contributed by atoms with Crippen molar-refractivity contribution in [3.05, 3.63) is 17.5 Å². The zero-order valence-corrected chi connectivity index (χ0v) is 18.9. The third kappa shape index (κ3) is 4.61. The van der Waals surface area contributed by atoms with Gasteiger partial charge in [0.05, 0.1) is 17.9 Å². The highest BCUT2D eigenvalue weighted by molar-refractivity contribution is 6.74. The molecule has 0 aromatic carbocycles.